The number of fused-ring (bicyclic) bond motifs is 1. The van der Waals surface area contributed by atoms with Crippen LogP contribution in [0.2, 0.25) is 0 Å². The van der Waals surface area contributed by atoms with Crippen LogP contribution < -0.4 is 0 Å². The summed E-state index contributed by atoms with van der Waals surface area (Å²) >= 11 is 0. The van der Waals surface area contributed by atoms with Gasteiger partial charge >= 0.3 is 11.9 Å². The molecule has 5 nitrogen and oxygen atoms in total. The fourth-order valence-electron chi connectivity index (χ4n) is 4.41. The highest BCUT2D eigenvalue weighted by molar-refractivity contribution is 5.87. The molecule has 2 aromatic carbocycles. The summed E-state index contributed by atoms with van der Waals surface area (Å²) in [7, 11) is 0. The molecule has 2 aliphatic rings. The molecule has 5 heteroatoms. The molecule has 0 radical (unpaired) electrons. The molecule has 0 aliphatic carbocycles. The van der Waals surface area contributed by atoms with Crippen molar-refractivity contribution in [3.63, 3.8) is 0 Å². The molecule has 2 fully saturated rings. The van der Waals surface area contributed by atoms with E-state index in [2.05, 4.69) is 4.90 Å². The van der Waals surface area contributed by atoms with E-state index in [-0.39, 0.29) is 30.0 Å². The Bertz CT molecular complexity index is 938. The van der Waals surface area contributed by atoms with Crippen LogP contribution in [0.3, 0.4) is 0 Å². The maximum atomic E-state index is 12.3. The summed E-state index contributed by atoms with van der Waals surface area (Å²) in [4.78, 5) is 26.8. The first-order valence-corrected chi connectivity index (χ1v) is 10.8. The van der Waals surface area contributed by atoms with Crippen LogP contribution in [0.5, 0.6) is 0 Å². The Morgan fingerprint density at radius 2 is 1.42 bits per heavy atom. The highest BCUT2D eigenvalue weighted by Gasteiger charge is 2.45. The first-order chi connectivity index (χ1) is 15.2. The van der Waals surface area contributed by atoms with E-state index in [1.165, 1.54) is 12.2 Å². The van der Waals surface area contributed by atoms with Crippen LogP contribution in [-0.2, 0) is 19.1 Å². The number of carbonyl (C=O) groups excluding carboxylic acids is 2. The van der Waals surface area contributed by atoms with Crippen LogP contribution in [0, 0.1) is 5.92 Å². The van der Waals surface area contributed by atoms with Gasteiger partial charge in [-0.05, 0) is 42.7 Å². The van der Waals surface area contributed by atoms with E-state index in [9.17, 15) is 9.59 Å². The summed E-state index contributed by atoms with van der Waals surface area (Å²) in [5.41, 5.74) is 1.92. The number of ether oxygens (including phenoxy) is 2. The number of benzene rings is 2. The zero-order valence-corrected chi connectivity index (χ0v) is 17.4. The Morgan fingerprint density at radius 1 is 0.839 bits per heavy atom. The van der Waals surface area contributed by atoms with Crippen LogP contribution in [0.25, 0.3) is 12.2 Å². The Hall–Kier alpha value is -3.18. The van der Waals surface area contributed by atoms with Gasteiger partial charge in [-0.25, -0.2) is 9.59 Å². The predicted molar refractivity (Wildman–Crippen MR) is 120 cm³/mol. The Morgan fingerprint density at radius 3 is 2.06 bits per heavy atom. The van der Waals surface area contributed by atoms with Crippen LogP contribution >= 0.6 is 0 Å². The SMILES string of the molecule is O=C(/C=C/c1ccccc1)OC[C@H]1CCN2CC[C@@H](OC(=O)/C=C/c3ccccc3)[C@@H]12. The summed E-state index contributed by atoms with van der Waals surface area (Å²) in [6.45, 7) is 2.19. The summed E-state index contributed by atoms with van der Waals surface area (Å²) in [6.07, 6.45) is 8.05. The topological polar surface area (TPSA) is 55.8 Å². The molecule has 0 bridgehead atoms. The van der Waals surface area contributed by atoms with Crippen LogP contribution in [0.4, 0.5) is 0 Å². The van der Waals surface area contributed by atoms with E-state index in [4.69, 9.17) is 9.47 Å². The molecular weight excluding hydrogens is 390 g/mol. The largest absolute Gasteiger partial charge is 0.462 e. The lowest BCUT2D eigenvalue weighted by molar-refractivity contribution is -0.146. The van der Waals surface area contributed by atoms with Crippen molar-refractivity contribution in [3.8, 4) is 0 Å². The maximum absolute atomic E-state index is 12.3. The first kappa shape index (κ1) is 21.1. The number of rotatable bonds is 7. The van der Waals surface area contributed by atoms with Crippen LogP contribution in [-0.4, -0.2) is 48.7 Å². The van der Waals surface area contributed by atoms with Gasteiger partial charge in [0.05, 0.1) is 12.6 Å². The van der Waals surface area contributed by atoms with Crippen molar-refractivity contribution in [3.05, 3.63) is 83.9 Å². The molecular formula is C26H27NO4. The van der Waals surface area contributed by atoms with E-state index in [1.54, 1.807) is 12.2 Å². The van der Waals surface area contributed by atoms with Gasteiger partial charge in [-0.1, -0.05) is 60.7 Å². The van der Waals surface area contributed by atoms with Crippen molar-refractivity contribution < 1.29 is 19.1 Å². The molecule has 0 amide bonds. The van der Waals surface area contributed by atoms with Crippen LogP contribution in [0.15, 0.2) is 72.8 Å². The second-order valence-corrected chi connectivity index (χ2v) is 7.96. The van der Waals surface area contributed by atoms with Crippen molar-refractivity contribution in [2.24, 2.45) is 5.92 Å². The average Bonchev–Trinajstić information content (AvgIpc) is 3.39. The lowest BCUT2D eigenvalue weighted by atomic mass is 9.97. The van der Waals surface area contributed by atoms with Gasteiger partial charge in [0.15, 0.2) is 0 Å². The highest BCUT2D eigenvalue weighted by atomic mass is 16.5. The summed E-state index contributed by atoms with van der Waals surface area (Å²) in [5, 5.41) is 0. The molecule has 2 saturated heterocycles. The zero-order valence-electron chi connectivity index (χ0n) is 17.4. The van der Waals surface area contributed by atoms with Crippen molar-refractivity contribution in [1.29, 1.82) is 0 Å². The van der Waals surface area contributed by atoms with E-state index in [0.29, 0.717) is 6.61 Å². The lowest BCUT2D eigenvalue weighted by Crippen LogP contribution is -2.38. The van der Waals surface area contributed by atoms with E-state index >= 15 is 0 Å². The molecule has 4 rings (SSSR count). The lowest BCUT2D eigenvalue weighted by Gasteiger charge is -2.25. The molecule has 0 spiro atoms. The molecule has 2 aliphatic heterocycles. The summed E-state index contributed by atoms with van der Waals surface area (Å²) in [6, 6.07) is 19.4. The molecule has 0 unspecified atom stereocenters. The Kier molecular flexibility index (Phi) is 6.95. The second kappa shape index (κ2) is 10.2. The molecule has 0 saturated carbocycles. The van der Waals surface area contributed by atoms with Gasteiger partial charge in [0.25, 0.3) is 0 Å². The van der Waals surface area contributed by atoms with Crippen molar-refractivity contribution in [2.45, 2.75) is 25.0 Å². The van der Waals surface area contributed by atoms with Crippen LogP contribution in [0.1, 0.15) is 24.0 Å². The molecule has 0 N–H and O–H groups in total. The molecule has 3 atom stereocenters. The third-order valence-electron chi connectivity index (χ3n) is 5.90. The van der Waals surface area contributed by atoms with Gasteiger partial charge in [0.1, 0.15) is 6.10 Å². The highest BCUT2D eigenvalue weighted by Crippen LogP contribution is 2.35. The fourth-order valence-corrected chi connectivity index (χ4v) is 4.41. The normalized spacial score (nSPS) is 23.3. The van der Waals surface area contributed by atoms with E-state index in [1.807, 2.05) is 60.7 Å². The van der Waals surface area contributed by atoms with E-state index < -0.39 is 0 Å². The quantitative estimate of drug-likeness (QED) is 0.504. The van der Waals surface area contributed by atoms with E-state index in [0.717, 1.165) is 37.1 Å². The minimum Gasteiger partial charge on any atom is -0.462 e. The fraction of sp³-hybridized carbons (Fsp3) is 0.308. The first-order valence-electron chi connectivity index (χ1n) is 10.8. The third kappa shape index (κ3) is 5.70. The predicted octanol–water partition coefficient (Wildman–Crippen LogP) is 3.96. The Balaban J connectivity index is 1.29. The number of hydrogen-bond donors (Lipinski definition) is 0. The zero-order chi connectivity index (χ0) is 21.5. The van der Waals surface area contributed by atoms with Gasteiger partial charge in [0, 0.05) is 24.6 Å². The molecule has 2 aromatic rings. The molecule has 2 heterocycles. The molecule has 0 aromatic heterocycles. The minimum absolute atomic E-state index is 0.111. The van der Waals surface area contributed by atoms with Gasteiger partial charge in [-0.15, -0.1) is 0 Å². The monoisotopic (exact) mass is 417 g/mol. The van der Waals surface area contributed by atoms with Gasteiger partial charge < -0.3 is 9.47 Å². The van der Waals surface area contributed by atoms with Crippen molar-refractivity contribution in [2.75, 3.05) is 19.7 Å². The third-order valence-corrected chi connectivity index (χ3v) is 5.90. The smallest absolute Gasteiger partial charge is 0.331 e. The number of esters is 2. The summed E-state index contributed by atoms with van der Waals surface area (Å²) in [5.74, 6) is -0.503. The number of nitrogens with zero attached hydrogens (tertiary/aromatic N) is 1. The molecule has 160 valence electrons. The second-order valence-electron chi connectivity index (χ2n) is 7.96. The standard InChI is InChI=1S/C26H27NO4/c28-24(13-11-20-7-3-1-4-8-20)30-19-22-15-17-27-18-16-23(26(22)27)31-25(29)14-12-21-9-5-2-6-10-21/h1-14,22-23,26H,15-19H2/b13-11+,14-12+/t22-,23-,26-/m1/s1. The average molecular weight is 418 g/mol. The minimum atomic E-state index is -0.348. The van der Waals surface area contributed by atoms with Crippen molar-refractivity contribution in [1.82, 2.24) is 4.90 Å². The summed E-state index contributed by atoms with van der Waals surface area (Å²) < 4.78 is 11.3. The number of carbonyl (C=O) groups is 2. The van der Waals surface area contributed by atoms with Crippen molar-refractivity contribution >= 4 is 24.1 Å². The molecule has 31 heavy (non-hydrogen) atoms. The number of hydrogen-bond acceptors (Lipinski definition) is 5. The van der Waals surface area contributed by atoms with Gasteiger partial charge in [0.2, 0.25) is 0 Å². The Labute approximate surface area is 183 Å². The maximum Gasteiger partial charge on any atom is 0.331 e. The van der Waals surface area contributed by atoms with Gasteiger partial charge in [-0.2, -0.15) is 0 Å². The van der Waals surface area contributed by atoms with Gasteiger partial charge in [-0.3, -0.25) is 4.90 Å².